The van der Waals surface area contributed by atoms with Crippen LogP contribution < -0.4 is 18.9 Å². The summed E-state index contributed by atoms with van der Waals surface area (Å²) in [6.45, 7) is 4.12. The zero-order chi connectivity index (χ0) is 30.1. The first kappa shape index (κ1) is 31.2. The Balaban J connectivity index is 1.08. The van der Waals surface area contributed by atoms with Crippen LogP contribution in [0.2, 0.25) is 0 Å². The van der Waals surface area contributed by atoms with Gasteiger partial charge in [-0.25, -0.2) is 4.79 Å². The Labute approximate surface area is 254 Å². The third-order valence-electron chi connectivity index (χ3n) is 6.92. The molecule has 4 rings (SSSR count). The van der Waals surface area contributed by atoms with Crippen LogP contribution in [-0.2, 0) is 0 Å². The van der Waals surface area contributed by atoms with E-state index in [4.69, 9.17) is 24.2 Å². The second kappa shape index (κ2) is 17.3. The van der Waals surface area contributed by atoms with Crippen molar-refractivity contribution >= 4 is 5.97 Å². The van der Waals surface area contributed by atoms with Crippen molar-refractivity contribution in [3.05, 3.63) is 108 Å². The Hall–Kier alpha value is -4.76. The summed E-state index contributed by atoms with van der Waals surface area (Å²) in [5, 5.41) is 8.95. The first-order valence-corrected chi connectivity index (χ1v) is 15.1. The van der Waals surface area contributed by atoms with Crippen molar-refractivity contribution in [2.75, 3.05) is 19.8 Å². The summed E-state index contributed by atoms with van der Waals surface area (Å²) in [6, 6.07) is 31.8. The van der Waals surface area contributed by atoms with Crippen LogP contribution in [0.5, 0.6) is 23.0 Å². The summed E-state index contributed by atoms with van der Waals surface area (Å²) in [7, 11) is 0. The minimum absolute atomic E-state index is 0.413. The van der Waals surface area contributed by atoms with E-state index in [1.165, 1.54) is 19.3 Å². The Bertz CT molecular complexity index is 1420. The SMILES string of the molecule is CCCCCCOc1ccc(OC(=O)c2ccc(OCCCCCOc3ccc(-c4ccc(C#N)cc4)cc3)cc2)cc1. The lowest BCUT2D eigenvalue weighted by molar-refractivity contribution is 0.0734. The number of ether oxygens (including phenoxy) is 4. The Kier molecular flexibility index (Phi) is 12.5. The van der Waals surface area contributed by atoms with Gasteiger partial charge in [0.1, 0.15) is 23.0 Å². The van der Waals surface area contributed by atoms with Gasteiger partial charge in [0.15, 0.2) is 0 Å². The summed E-state index contributed by atoms with van der Waals surface area (Å²) in [5.41, 5.74) is 3.27. The summed E-state index contributed by atoms with van der Waals surface area (Å²) >= 11 is 0. The number of hydrogen-bond donors (Lipinski definition) is 0. The van der Waals surface area contributed by atoms with Crippen molar-refractivity contribution in [3.63, 3.8) is 0 Å². The topological polar surface area (TPSA) is 77.8 Å². The zero-order valence-corrected chi connectivity index (χ0v) is 24.8. The summed E-state index contributed by atoms with van der Waals surface area (Å²) in [4.78, 5) is 12.5. The van der Waals surface area contributed by atoms with E-state index in [-0.39, 0.29) is 0 Å². The summed E-state index contributed by atoms with van der Waals surface area (Å²) < 4.78 is 23.0. The quantitative estimate of drug-likeness (QED) is 0.0708. The van der Waals surface area contributed by atoms with Crippen molar-refractivity contribution in [2.45, 2.75) is 51.9 Å². The molecule has 0 atom stereocenters. The number of esters is 1. The number of nitrogens with zero attached hydrogens (tertiary/aromatic N) is 1. The molecule has 222 valence electrons. The van der Waals surface area contributed by atoms with Crippen LogP contribution in [0, 0.1) is 11.3 Å². The lowest BCUT2D eigenvalue weighted by Gasteiger charge is -2.09. The third kappa shape index (κ3) is 10.5. The largest absolute Gasteiger partial charge is 0.494 e. The molecule has 0 aromatic heterocycles. The van der Waals surface area contributed by atoms with Crippen molar-refractivity contribution in [3.8, 4) is 40.2 Å². The first-order chi connectivity index (χ1) is 21.1. The maximum Gasteiger partial charge on any atom is 0.343 e. The molecule has 0 unspecified atom stereocenters. The summed E-state index contributed by atoms with van der Waals surface area (Å²) in [5.74, 6) is 2.40. The molecule has 6 heteroatoms. The van der Waals surface area contributed by atoms with E-state index in [9.17, 15) is 4.79 Å². The molecular formula is C37H39NO5. The van der Waals surface area contributed by atoms with Gasteiger partial charge in [0.05, 0.1) is 37.0 Å². The molecule has 6 nitrogen and oxygen atoms in total. The number of unbranched alkanes of at least 4 members (excludes halogenated alkanes) is 5. The van der Waals surface area contributed by atoms with E-state index in [2.05, 4.69) is 13.0 Å². The fourth-order valence-electron chi connectivity index (χ4n) is 4.42. The van der Waals surface area contributed by atoms with Gasteiger partial charge in [-0.2, -0.15) is 5.26 Å². The molecule has 0 fully saturated rings. The van der Waals surface area contributed by atoms with E-state index in [1.807, 2.05) is 60.7 Å². The molecule has 43 heavy (non-hydrogen) atoms. The van der Waals surface area contributed by atoms with Crippen LogP contribution in [-0.4, -0.2) is 25.8 Å². The van der Waals surface area contributed by atoms with Crippen molar-refractivity contribution in [1.29, 1.82) is 5.26 Å². The van der Waals surface area contributed by atoms with Gasteiger partial charge in [-0.3, -0.25) is 0 Å². The van der Waals surface area contributed by atoms with Gasteiger partial charge in [0, 0.05) is 0 Å². The van der Waals surface area contributed by atoms with Crippen LogP contribution in [0.15, 0.2) is 97.1 Å². The van der Waals surface area contributed by atoms with Crippen LogP contribution in [0.4, 0.5) is 0 Å². The Morgan fingerprint density at radius 1 is 0.558 bits per heavy atom. The monoisotopic (exact) mass is 577 g/mol. The van der Waals surface area contributed by atoms with Gasteiger partial charge in [-0.15, -0.1) is 0 Å². The fourth-order valence-corrected chi connectivity index (χ4v) is 4.42. The number of benzene rings is 4. The second-order valence-corrected chi connectivity index (χ2v) is 10.3. The molecule has 4 aromatic carbocycles. The number of nitriles is 1. The minimum Gasteiger partial charge on any atom is -0.494 e. The predicted octanol–water partition coefficient (Wildman–Crippen LogP) is 9.03. The normalized spacial score (nSPS) is 10.5. The Morgan fingerprint density at radius 2 is 0.977 bits per heavy atom. The lowest BCUT2D eigenvalue weighted by Crippen LogP contribution is -2.08. The summed E-state index contributed by atoms with van der Waals surface area (Å²) in [6.07, 6.45) is 7.46. The molecule has 0 aliphatic rings. The van der Waals surface area contributed by atoms with Crippen LogP contribution in [0.1, 0.15) is 67.8 Å². The second-order valence-electron chi connectivity index (χ2n) is 10.3. The Morgan fingerprint density at radius 3 is 1.47 bits per heavy atom. The molecule has 0 amide bonds. The highest BCUT2D eigenvalue weighted by Gasteiger charge is 2.09. The molecule has 0 saturated heterocycles. The van der Waals surface area contributed by atoms with Crippen LogP contribution >= 0.6 is 0 Å². The highest BCUT2D eigenvalue weighted by atomic mass is 16.5. The molecule has 0 N–H and O–H groups in total. The zero-order valence-electron chi connectivity index (χ0n) is 24.8. The smallest absolute Gasteiger partial charge is 0.343 e. The van der Waals surface area contributed by atoms with E-state index < -0.39 is 5.97 Å². The molecule has 0 spiro atoms. The van der Waals surface area contributed by atoms with Crippen molar-refractivity contribution in [2.24, 2.45) is 0 Å². The lowest BCUT2D eigenvalue weighted by atomic mass is 10.0. The molecule has 0 bridgehead atoms. The van der Waals surface area contributed by atoms with Gasteiger partial charge < -0.3 is 18.9 Å². The number of carbonyl (C=O) groups is 1. The standard InChI is InChI=1S/C37H39NO5/c1-2-3-4-6-25-42-35-21-23-36(24-22-35)43-37(39)32-15-19-34(20-16-32)41-27-8-5-7-26-40-33-17-13-31(14-18-33)30-11-9-29(28-38)10-12-30/h9-24H,2-8,25-27H2,1H3. The van der Waals surface area contributed by atoms with Gasteiger partial charge >= 0.3 is 5.97 Å². The highest BCUT2D eigenvalue weighted by Crippen LogP contribution is 2.23. The molecule has 0 aliphatic carbocycles. The average Bonchev–Trinajstić information content (AvgIpc) is 3.05. The number of rotatable bonds is 17. The van der Waals surface area contributed by atoms with Gasteiger partial charge in [-0.05, 0) is 110 Å². The van der Waals surface area contributed by atoms with Gasteiger partial charge in [0.2, 0.25) is 0 Å². The average molecular weight is 578 g/mol. The number of hydrogen-bond acceptors (Lipinski definition) is 6. The fraction of sp³-hybridized carbons (Fsp3) is 0.297. The van der Waals surface area contributed by atoms with E-state index in [1.54, 1.807) is 36.4 Å². The van der Waals surface area contributed by atoms with Gasteiger partial charge in [-0.1, -0.05) is 50.5 Å². The molecular weight excluding hydrogens is 538 g/mol. The molecule has 0 saturated carbocycles. The minimum atomic E-state index is -0.413. The van der Waals surface area contributed by atoms with Crippen LogP contribution in [0.25, 0.3) is 11.1 Å². The van der Waals surface area contributed by atoms with Crippen LogP contribution in [0.3, 0.4) is 0 Å². The molecule has 0 heterocycles. The van der Waals surface area contributed by atoms with E-state index >= 15 is 0 Å². The third-order valence-corrected chi connectivity index (χ3v) is 6.92. The van der Waals surface area contributed by atoms with Gasteiger partial charge in [0.25, 0.3) is 0 Å². The maximum absolute atomic E-state index is 12.5. The molecule has 4 aromatic rings. The van der Waals surface area contributed by atoms with E-state index in [0.29, 0.717) is 36.7 Å². The highest BCUT2D eigenvalue weighted by molar-refractivity contribution is 5.91. The number of carbonyl (C=O) groups excluding carboxylic acids is 1. The van der Waals surface area contributed by atoms with Crippen molar-refractivity contribution < 1.29 is 23.7 Å². The van der Waals surface area contributed by atoms with E-state index in [0.717, 1.165) is 54.1 Å². The van der Waals surface area contributed by atoms with Crippen molar-refractivity contribution in [1.82, 2.24) is 0 Å². The molecule has 0 aliphatic heterocycles. The molecule has 0 radical (unpaired) electrons. The predicted molar refractivity (Wildman–Crippen MR) is 169 cm³/mol. The first-order valence-electron chi connectivity index (χ1n) is 15.1. The maximum atomic E-state index is 12.5.